The lowest BCUT2D eigenvalue weighted by Gasteiger charge is -2.22. The van der Waals surface area contributed by atoms with Crippen LogP contribution in [-0.2, 0) is 0 Å². The van der Waals surface area contributed by atoms with Crippen LogP contribution in [0, 0.1) is 0 Å². The van der Waals surface area contributed by atoms with Crippen LogP contribution in [0.2, 0.25) is 0 Å². The number of hydrogen-bond donors (Lipinski definition) is 3. The number of hydrogen-bond acceptors (Lipinski definition) is 5. The molecule has 0 aromatic heterocycles. The third-order valence-electron chi connectivity index (χ3n) is 3.74. The number of benzene rings is 2. The molecule has 6 nitrogen and oxygen atoms in total. The van der Waals surface area contributed by atoms with Gasteiger partial charge in [0, 0.05) is 23.9 Å². The lowest BCUT2D eigenvalue weighted by atomic mass is 9.81. The van der Waals surface area contributed by atoms with E-state index in [1.54, 1.807) is 25.2 Å². The van der Waals surface area contributed by atoms with Crippen molar-refractivity contribution in [3.05, 3.63) is 58.1 Å². The van der Waals surface area contributed by atoms with E-state index in [-0.39, 0.29) is 39.4 Å². The van der Waals surface area contributed by atoms with Crippen molar-refractivity contribution in [2.45, 2.75) is 0 Å². The first-order valence-electron chi connectivity index (χ1n) is 6.53. The third-order valence-corrected chi connectivity index (χ3v) is 3.74. The number of carboxylic acids is 1. The smallest absolute Gasteiger partial charge is 0.337 e. The SMILES string of the molecule is CNc1cc(C(=O)O)c(N)c2c1C(=O)c1ccccc1C2=O. The Morgan fingerprint density at radius 3 is 2.14 bits per heavy atom. The summed E-state index contributed by atoms with van der Waals surface area (Å²) >= 11 is 0. The molecule has 2 aromatic rings. The van der Waals surface area contributed by atoms with Crippen molar-refractivity contribution >= 4 is 28.9 Å². The number of nitrogens with one attached hydrogen (secondary N) is 1. The minimum Gasteiger partial charge on any atom is -0.478 e. The summed E-state index contributed by atoms with van der Waals surface area (Å²) in [5.41, 5.74) is 6.33. The minimum absolute atomic E-state index is 0.0482. The van der Waals surface area contributed by atoms with Crippen molar-refractivity contribution in [3.8, 4) is 0 Å². The van der Waals surface area contributed by atoms with Gasteiger partial charge in [0.05, 0.1) is 22.4 Å². The molecule has 0 bridgehead atoms. The Labute approximate surface area is 125 Å². The van der Waals surface area contributed by atoms with E-state index in [4.69, 9.17) is 5.73 Å². The van der Waals surface area contributed by atoms with Crippen LogP contribution in [0.15, 0.2) is 30.3 Å². The second kappa shape index (κ2) is 4.70. The van der Waals surface area contributed by atoms with Gasteiger partial charge in [0.2, 0.25) is 0 Å². The molecule has 0 amide bonds. The van der Waals surface area contributed by atoms with Crippen LogP contribution in [0.25, 0.3) is 0 Å². The van der Waals surface area contributed by atoms with Gasteiger partial charge in [-0.3, -0.25) is 9.59 Å². The summed E-state index contributed by atoms with van der Waals surface area (Å²) in [6.45, 7) is 0. The summed E-state index contributed by atoms with van der Waals surface area (Å²) < 4.78 is 0. The zero-order chi connectivity index (χ0) is 16.0. The topological polar surface area (TPSA) is 109 Å². The molecule has 22 heavy (non-hydrogen) atoms. The van der Waals surface area contributed by atoms with Crippen molar-refractivity contribution in [3.63, 3.8) is 0 Å². The Hall–Kier alpha value is -3.15. The van der Waals surface area contributed by atoms with Crippen LogP contribution in [0.1, 0.15) is 42.2 Å². The molecule has 110 valence electrons. The van der Waals surface area contributed by atoms with E-state index in [9.17, 15) is 19.5 Å². The molecule has 3 rings (SSSR count). The molecule has 0 spiro atoms. The van der Waals surface area contributed by atoms with Crippen molar-refractivity contribution in [2.24, 2.45) is 0 Å². The Morgan fingerprint density at radius 1 is 1.09 bits per heavy atom. The highest BCUT2D eigenvalue weighted by atomic mass is 16.4. The van der Waals surface area contributed by atoms with Gasteiger partial charge < -0.3 is 16.2 Å². The number of nitrogen functional groups attached to an aromatic ring is 1. The summed E-state index contributed by atoms with van der Waals surface area (Å²) in [7, 11) is 1.55. The van der Waals surface area contributed by atoms with Gasteiger partial charge in [-0.2, -0.15) is 0 Å². The van der Waals surface area contributed by atoms with Gasteiger partial charge in [-0.15, -0.1) is 0 Å². The standard InChI is InChI=1S/C16H12N2O4/c1-18-10-6-9(16(21)22)13(17)12-11(10)14(19)7-4-2-3-5-8(7)15(12)20/h2-6,18H,17H2,1H3,(H,21,22). The first-order chi connectivity index (χ1) is 10.5. The molecule has 4 N–H and O–H groups in total. The van der Waals surface area contributed by atoms with Crippen LogP contribution >= 0.6 is 0 Å². The lowest BCUT2D eigenvalue weighted by Crippen LogP contribution is -2.25. The van der Waals surface area contributed by atoms with E-state index >= 15 is 0 Å². The summed E-state index contributed by atoms with van der Waals surface area (Å²) in [4.78, 5) is 36.6. The number of anilines is 2. The van der Waals surface area contributed by atoms with E-state index in [2.05, 4.69) is 5.32 Å². The van der Waals surface area contributed by atoms with Gasteiger partial charge in [0.1, 0.15) is 0 Å². The Kier molecular flexibility index (Phi) is 2.95. The van der Waals surface area contributed by atoms with Crippen LogP contribution in [-0.4, -0.2) is 29.7 Å². The van der Waals surface area contributed by atoms with E-state index in [0.29, 0.717) is 5.56 Å². The summed E-state index contributed by atoms with van der Waals surface area (Å²) in [5.74, 6) is -2.05. The zero-order valence-electron chi connectivity index (χ0n) is 11.6. The van der Waals surface area contributed by atoms with E-state index in [0.717, 1.165) is 0 Å². The van der Waals surface area contributed by atoms with Gasteiger partial charge in [-0.05, 0) is 6.07 Å². The van der Waals surface area contributed by atoms with Gasteiger partial charge in [-0.25, -0.2) is 4.79 Å². The molecule has 0 radical (unpaired) electrons. The van der Waals surface area contributed by atoms with Crippen molar-refractivity contribution < 1.29 is 19.5 Å². The fourth-order valence-electron chi connectivity index (χ4n) is 2.69. The molecule has 0 aliphatic heterocycles. The van der Waals surface area contributed by atoms with E-state index in [1.807, 2.05) is 0 Å². The summed E-state index contributed by atoms with van der Waals surface area (Å²) in [5, 5.41) is 12.0. The maximum atomic E-state index is 12.7. The van der Waals surface area contributed by atoms with Gasteiger partial charge in [0.25, 0.3) is 0 Å². The normalized spacial score (nSPS) is 12.6. The van der Waals surface area contributed by atoms with E-state index in [1.165, 1.54) is 12.1 Å². The van der Waals surface area contributed by atoms with Crippen LogP contribution in [0.5, 0.6) is 0 Å². The predicted octanol–water partition coefficient (Wildman–Crippen LogP) is 1.78. The van der Waals surface area contributed by atoms with Crippen molar-refractivity contribution in [2.75, 3.05) is 18.1 Å². The zero-order valence-corrected chi connectivity index (χ0v) is 11.6. The van der Waals surface area contributed by atoms with Crippen molar-refractivity contribution in [1.29, 1.82) is 0 Å². The van der Waals surface area contributed by atoms with Gasteiger partial charge in [-0.1, -0.05) is 24.3 Å². The predicted molar refractivity (Wildman–Crippen MR) is 80.7 cm³/mol. The number of ketones is 2. The minimum atomic E-state index is -1.25. The Morgan fingerprint density at radius 2 is 1.64 bits per heavy atom. The van der Waals surface area contributed by atoms with Crippen LogP contribution in [0.3, 0.4) is 0 Å². The van der Waals surface area contributed by atoms with E-state index < -0.39 is 11.8 Å². The quantitative estimate of drug-likeness (QED) is 0.622. The Balaban J connectivity index is 2.42. The highest BCUT2D eigenvalue weighted by molar-refractivity contribution is 6.32. The second-order valence-corrected chi connectivity index (χ2v) is 4.89. The number of nitrogens with two attached hydrogens (primary N) is 1. The van der Waals surface area contributed by atoms with Crippen LogP contribution in [0.4, 0.5) is 11.4 Å². The molecular formula is C16H12N2O4. The highest BCUT2D eigenvalue weighted by Crippen LogP contribution is 2.37. The molecule has 0 unspecified atom stereocenters. The molecule has 0 heterocycles. The fourth-order valence-corrected chi connectivity index (χ4v) is 2.69. The summed E-state index contributed by atoms with van der Waals surface area (Å²) in [6, 6.07) is 7.69. The van der Waals surface area contributed by atoms with Crippen molar-refractivity contribution in [1.82, 2.24) is 0 Å². The number of rotatable bonds is 2. The Bertz CT molecular complexity index is 855. The highest BCUT2D eigenvalue weighted by Gasteiger charge is 2.35. The average Bonchev–Trinajstić information content (AvgIpc) is 2.52. The molecule has 6 heteroatoms. The first kappa shape index (κ1) is 13.8. The maximum Gasteiger partial charge on any atom is 0.337 e. The molecule has 0 fully saturated rings. The molecule has 2 aromatic carbocycles. The molecule has 0 saturated carbocycles. The second-order valence-electron chi connectivity index (χ2n) is 4.89. The molecular weight excluding hydrogens is 284 g/mol. The van der Waals surface area contributed by atoms with Gasteiger partial charge >= 0.3 is 5.97 Å². The number of carboxylic acid groups (broad SMARTS) is 1. The average molecular weight is 296 g/mol. The monoisotopic (exact) mass is 296 g/mol. The number of fused-ring (bicyclic) bond motifs is 2. The third kappa shape index (κ3) is 1.70. The van der Waals surface area contributed by atoms with Gasteiger partial charge in [0.15, 0.2) is 11.6 Å². The first-order valence-corrected chi connectivity index (χ1v) is 6.53. The lowest BCUT2D eigenvalue weighted by molar-refractivity contribution is 0.0697. The molecule has 0 atom stereocenters. The maximum absolute atomic E-state index is 12.7. The number of carbonyl (C=O) groups is 3. The molecule has 1 aliphatic carbocycles. The molecule has 1 aliphatic rings. The fraction of sp³-hybridized carbons (Fsp3) is 0.0625. The van der Waals surface area contributed by atoms with Crippen LogP contribution < -0.4 is 11.1 Å². The number of aromatic carboxylic acids is 1. The number of carbonyl (C=O) groups excluding carboxylic acids is 2. The molecule has 0 saturated heterocycles. The largest absolute Gasteiger partial charge is 0.478 e. The summed E-state index contributed by atoms with van der Waals surface area (Å²) in [6.07, 6.45) is 0.